The summed E-state index contributed by atoms with van der Waals surface area (Å²) in [6, 6.07) is 5.42. The van der Waals surface area contributed by atoms with E-state index in [1.807, 2.05) is 11.0 Å². The van der Waals surface area contributed by atoms with Crippen molar-refractivity contribution in [2.24, 2.45) is 5.92 Å². The molecule has 1 fully saturated rings. The fraction of sp³-hybridized carbons (Fsp3) is 0.250. The van der Waals surface area contributed by atoms with E-state index in [0.717, 1.165) is 16.7 Å². The van der Waals surface area contributed by atoms with Crippen LogP contribution in [-0.2, 0) is 4.79 Å². The number of benzene rings is 1. The number of halogens is 1. The van der Waals surface area contributed by atoms with Crippen LogP contribution in [0.2, 0.25) is 5.02 Å². The van der Waals surface area contributed by atoms with Gasteiger partial charge in [0.15, 0.2) is 0 Å². The SMILES string of the molecule is O=C(O)C1CN(c2ncnc3cc(Cl)ccc23)C1. The van der Waals surface area contributed by atoms with E-state index in [0.29, 0.717) is 18.1 Å². The fourth-order valence-corrected chi connectivity index (χ4v) is 2.24. The third-order valence-corrected chi connectivity index (χ3v) is 3.34. The molecule has 0 aliphatic carbocycles. The quantitative estimate of drug-likeness (QED) is 0.895. The van der Waals surface area contributed by atoms with E-state index in [4.69, 9.17) is 16.7 Å². The highest BCUT2D eigenvalue weighted by Gasteiger charge is 2.34. The number of rotatable bonds is 2. The van der Waals surface area contributed by atoms with Crippen molar-refractivity contribution in [2.45, 2.75) is 0 Å². The Kier molecular flexibility index (Phi) is 2.56. The minimum Gasteiger partial charge on any atom is -0.481 e. The third kappa shape index (κ3) is 1.76. The van der Waals surface area contributed by atoms with Gasteiger partial charge < -0.3 is 10.0 Å². The molecule has 0 spiro atoms. The van der Waals surface area contributed by atoms with Gasteiger partial charge in [-0.15, -0.1) is 0 Å². The van der Waals surface area contributed by atoms with E-state index in [1.54, 1.807) is 12.1 Å². The summed E-state index contributed by atoms with van der Waals surface area (Å²) in [5, 5.41) is 10.4. The normalized spacial score (nSPS) is 15.7. The summed E-state index contributed by atoms with van der Waals surface area (Å²) < 4.78 is 0. The Bertz CT molecular complexity index is 626. The second kappa shape index (κ2) is 4.10. The summed E-state index contributed by atoms with van der Waals surface area (Å²) in [6.07, 6.45) is 1.47. The first-order valence-corrected chi connectivity index (χ1v) is 5.91. The summed E-state index contributed by atoms with van der Waals surface area (Å²) in [4.78, 5) is 21.1. The molecule has 0 saturated carbocycles. The third-order valence-electron chi connectivity index (χ3n) is 3.11. The number of fused-ring (bicyclic) bond motifs is 1. The van der Waals surface area contributed by atoms with Gasteiger partial charge in [-0.25, -0.2) is 9.97 Å². The van der Waals surface area contributed by atoms with Gasteiger partial charge in [0, 0.05) is 23.5 Å². The van der Waals surface area contributed by atoms with E-state index in [9.17, 15) is 4.79 Å². The first-order valence-electron chi connectivity index (χ1n) is 5.53. The second-order valence-electron chi connectivity index (χ2n) is 4.30. The molecule has 18 heavy (non-hydrogen) atoms. The Morgan fingerprint density at radius 2 is 2.17 bits per heavy atom. The molecule has 1 aliphatic heterocycles. The topological polar surface area (TPSA) is 66.3 Å². The van der Waals surface area contributed by atoms with E-state index < -0.39 is 5.97 Å². The summed E-state index contributed by atoms with van der Waals surface area (Å²) in [5.74, 6) is -0.288. The predicted molar refractivity (Wildman–Crippen MR) is 67.9 cm³/mol. The first kappa shape index (κ1) is 11.2. The number of hydrogen-bond acceptors (Lipinski definition) is 4. The van der Waals surface area contributed by atoms with E-state index in [2.05, 4.69) is 9.97 Å². The largest absolute Gasteiger partial charge is 0.481 e. The molecule has 1 saturated heterocycles. The minimum atomic E-state index is -0.757. The number of hydrogen-bond donors (Lipinski definition) is 1. The van der Waals surface area contributed by atoms with Gasteiger partial charge in [-0.3, -0.25) is 4.79 Å². The molecule has 0 radical (unpaired) electrons. The average molecular weight is 264 g/mol. The zero-order valence-electron chi connectivity index (χ0n) is 9.38. The number of aromatic nitrogens is 2. The molecule has 3 rings (SSSR count). The van der Waals surface area contributed by atoms with E-state index in [1.165, 1.54) is 6.33 Å². The Morgan fingerprint density at radius 3 is 2.89 bits per heavy atom. The van der Waals surface area contributed by atoms with Gasteiger partial charge in [-0.2, -0.15) is 0 Å². The van der Waals surface area contributed by atoms with Gasteiger partial charge >= 0.3 is 5.97 Å². The maximum Gasteiger partial charge on any atom is 0.310 e. The number of carboxylic acid groups (broad SMARTS) is 1. The zero-order valence-corrected chi connectivity index (χ0v) is 10.1. The highest BCUT2D eigenvalue weighted by molar-refractivity contribution is 6.31. The van der Waals surface area contributed by atoms with Crippen LogP contribution >= 0.6 is 11.6 Å². The predicted octanol–water partition coefficient (Wildman–Crippen LogP) is 1.80. The van der Waals surface area contributed by atoms with Crippen LogP contribution in [0.5, 0.6) is 0 Å². The standard InChI is InChI=1S/C12H10ClN3O2/c13-8-1-2-9-10(3-8)14-6-15-11(9)16-4-7(5-16)12(17)18/h1-3,6-7H,4-5H2,(H,17,18). The second-order valence-corrected chi connectivity index (χ2v) is 4.74. The lowest BCUT2D eigenvalue weighted by Gasteiger charge is -2.37. The van der Waals surface area contributed by atoms with Crippen LogP contribution in [-0.4, -0.2) is 34.1 Å². The fourth-order valence-electron chi connectivity index (χ4n) is 2.08. The molecule has 0 unspecified atom stereocenters. The zero-order chi connectivity index (χ0) is 12.7. The van der Waals surface area contributed by atoms with Crippen LogP contribution in [0.15, 0.2) is 24.5 Å². The number of nitrogens with zero attached hydrogens (tertiary/aromatic N) is 3. The number of carboxylic acids is 1. The van der Waals surface area contributed by atoms with Crippen molar-refractivity contribution >= 4 is 34.3 Å². The molecule has 0 atom stereocenters. The van der Waals surface area contributed by atoms with Crippen molar-refractivity contribution < 1.29 is 9.90 Å². The smallest absolute Gasteiger partial charge is 0.310 e. The van der Waals surface area contributed by atoms with Gasteiger partial charge in [0.1, 0.15) is 12.1 Å². The van der Waals surface area contributed by atoms with Crippen molar-refractivity contribution in [2.75, 3.05) is 18.0 Å². The molecular formula is C12H10ClN3O2. The molecular weight excluding hydrogens is 254 g/mol. The Balaban J connectivity index is 1.96. The van der Waals surface area contributed by atoms with Crippen molar-refractivity contribution in [1.82, 2.24) is 9.97 Å². The number of anilines is 1. The van der Waals surface area contributed by atoms with Crippen molar-refractivity contribution in [3.63, 3.8) is 0 Å². The van der Waals surface area contributed by atoms with Crippen molar-refractivity contribution in [3.8, 4) is 0 Å². The number of aliphatic carboxylic acids is 1. The van der Waals surface area contributed by atoms with E-state index >= 15 is 0 Å². The summed E-state index contributed by atoms with van der Waals surface area (Å²) in [5.41, 5.74) is 0.770. The van der Waals surface area contributed by atoms with Crippen molar-refractivity contribution in [3.05, 3.63) is 29.5 Å². The van der Waals surface area contributed by atoms with E-state index in [-0.39, 0.29) is 5.92 Å². The number of carbonyl (C=O) groups is 1. The summed E-state index contributed by atoms with van der Waals surface area (Å²) >= 11 is 5.91. The van der Waals surface area contributed by atoms with Crippen LogP contribution in [0.4, 0.5) is 5.82 Å². The van der Waals surface area contributed by atoms with Gasteiger partial charge in [-0.05, 0) is 18.2 Å². The lowest BCUT2D eigenvalue weighted by Crippen LogP contribution is -2.50. The molecule has 1 N–H and O–H groups in total. The van der Waals surface area contributed by atoms with Gasteiger partial charge in [0.25, 0.3) is 0 Å². The van der Waals surface area contributed by atoms with Crippen LogP contribution < -0.4 is 4.90 Å². The van der Waals surface area contributed by atoms with Gasteiger partial charge in [-0.1, -0.05) is 11.6 Å². The first-order chi connectivity index (χ1) is 8.65. The Morgan fingerprint density at radius 1 is 1.39 bits per heavy atom. The molecule has 1 aromatic carbocycles. The average Bonchev–Trinajstić information content (AvgIpc) is 2.26. The summed E-state index contributed by atoms with van der Waals surface area (Å²) in [6.45, 7) is 0.980. The molecule has 5 nitrogen and oxygen atoms in total. The maximum atomic E-state index is 10.8. The summed E-state index contributed by atoms with van der Waals surface area (Å²) in [7, 11) is 0. The lowest BCUT2D eigenvalue weighted by molar-refractivity contribution is -0.142. The highest BCUT2D eigenvalue weighted by Crippen LogP contribution is 2.30. The maximum absolute atomic E-state index is 10.8. The minimum absolute atomic E-state index is 0.303. The molecule has 1 aromatic heterocycles. The highest BCUT2D eigenvalue weighted by atomic mass is 35.5. The van der Waals surface area contributed by atoms with Crippen LogP contribution in [0.3, 0.4) is 0 Å². The Labute approximate surface area is 108 Å². The lowest BCUT2D eigenvalue weighted by atomic mass is 10.00. The molecule has 0 amide bonds. The van der Waals surface area contributed by atoms with Crippen LogP contribution in [0.25, 0.3) is 10.9 Å². The monoisotopic (exact) mass is 263 g/mol. The molecule has 0 bridgehead atoms. The molecule has 6 heteroatoms. The molecule has 2 aromatic rings. The van der Waals surface area contributed by atoms with Crippen LogP contribution in [0.1, 0.15) is 0 Å². The van der Waals surface area contributed by atoms with Gasteiger partial charge in [0.05, 0.1) is 11.4 Å². The van der Waals surface area contributed by atoms with Crippen LogP contribution in [0, 0.1) is 5.92 Å². The molecule has 1 aliphatic rings. The van der Waals surface area contributed by atoms with Gasteiger partial charge in [0.2, 0.25) is 0 Å². The van der Waals surface area contributed by atoms with Crippen molar-refractivity contribution in [1.29, 1.82) is 0 Å². The molecule has 2 heterocycles. The molecule has 92 valence electrons. The Hall–Kier alpha value is -1.88.